The molecule has 0 radical (unpaired) electrons. The van der Waals surface area contributed by atoms with Crippen LogP contribution in [0.15, 0.2) is 36.9 Å². The summed E-state index contributed by atoms with van der Waals surface area (Å²) in [6, 6.07) is 7.09. The third kappa shape index (κ3) is 4.47. The van der Waals surface area contributed by atoms with Crippen molar-refractivity contribution in [3.8, 4) is 0 Å². The standard InChI is InChI=1S/C15H18N6O2/c1-4-14(22)16-12-7-5-11(6-8-12)9-15(23)20(2)10-13-17-18-19-21(13)3/h4-8H,1,9-10H2,2-3H3,(H,16,22). The minimum Gasteiger partial charge on any atom is -0.338 e. The van der Waals surface area contributed by atoms with Crippen molar-refractivity contribution in [2.24, 2.45) is 7.05 Å². The molecule has 0 fully saturated rings. The molecule has 1 aromatic heterocycles. The van der Waals surface area contributed by atoms with E-state index in [1.807, 2.05) is 0 Å². The minimum atomic E-state index is -0.272. The second-order valence-electron chi connectivity index (χ2n) is 5.04. The second kappa shape index (κ2) is 7.30. The van der Waals surface area contributed by atoms with Gasteiger partial charge in [-0.2, -0.15) is 0 Å². The summed E-state index contributed by atoms with van der Waals surface area (Å²) < 4.78 is 1.53. The van der Waals surface area contributed by atoms with Crippen LogP contribution in [-0.4, -0.2) is 44.0 Å². The highest BCUT2D eigenvalue weighted by Gasteiger charge is 2.13. The maximum Gasteiger partial charge on any atom is 0.247 e. The predicted molar refractivity (Wildman–Crippen MR) is 84.2 cm³/mol. The van der Waals surface area contributed by atoms with Crippen molar-refractivity contribution in [3.63, 3.8) is 0 Å². The summed E-state index contributed by atoms with van der Waals surface area (Å²) >= 11 is 0. The van der Waals surface area contributed by atoms with Crippen molar-refractivity contribution in [1.82, 2.24) is 25.1 Å². The summed E-state index contributed by atoms with van der Waals surface area (Å²) in [5.74, 6) is 0.296. The molecule has 2 amide bonds. The number of benzene rings is 1. The van der Waals surface area contributed by atoms with Crippen LogP contribution in [0.2, 0.25) is 0 Å². The Morgan fingerprint density at radius 3 is 2.61 bits per heavy atom. The van der Waals surface area contributed by atoms with Gasteiger partial charge >= 0.3 is 0 Å². The molecular weight excluding hydrogens is 296 g/mol. The normalized spacial score (nSPS) is 10.2. The lowest BCUT2D eigenvalue weighted by atomic mass is 10.1. The Balaban J connectivity index is 1.93. The highest BCUT2D eigenvalue weighted by molar-refractivity contribution is 5.98. The van der Waals surface area contributed by atoms with Gasteiger partial charge in [0.1, 0.15) is 0 Å². The first-order valence-corrected chi connectivity index (χ1v) is 6.97. The molecule has 8 heteroatoms. The van der Waals surface area contributed by atoms with E-state index in [2.05, 4.69) is 27.4 Å². The van der Waals surface area contributed by atoms with Crippen LogP contribution in [0.4, 0.5) is 5.69 Å². The van der Waals surface area contributed by atoms with E-state index >= 15 is 0 Å². The fourth-order valence-corrected chi connectivity index (χ4v) is 1.89. The molecule has 120 valence electrons. The quantitative estimate of drug-likeness (QED) is 0.785. The number of likely N-dealkylation sites (N-methyl/N-ethyl adjacent to an activating group) is 1. The highest BCUT2D eigenvalue weighted by Crippen LogP contribution is 2.11. The van der Waals surface area contributed by atoms with Gasteiger partial charge in [-0.15, -0.1) is 5.10 Å². The summed E-state index contributed by atoms with van der Waals surface area (Å²) in [6.07, 6.45) is 1.46. The Morgan fingerprint density at radius 2 is 2.04 bits per heavy atom. The molecule has 0 aliphatic heterocycles. The molecule has 0 spiro atoms. The van der Waals surface area contributed by atoms with Crippen LogP contribution >= 0.6 is 0 Å². The summed E-state index contributed by atoms with van der Waals surface area (Å²) in [6.45, 7) is 3.73. The number of amides is 2. The maximum absolute atomic E-state index is 12.2. The monoisotopic (exact) mass is 314 g/mol. The van der Waals surface area contributed by atoms with Gasteiger partial charge < -0.3 is 10.2 Å². The Labute approximate surface area is 133 Å². The minimum absolute atomic E-state index is 0.0455. The number of rotatable bonds is 6. The van der Waals surface area contributed by atoms with Crippen LogP contribution in [0, 0.1) is 0 Å². The van der Waals surface area contributed by atoms with Gasteiger partial charge in [-0.05, 0) is 34.2 Å². The van der Waals surface area contributed by atoms with Crippen molar-refractivity contribution >= 4 is 17.5 Å². The number of hydrogen-bond acceptors (Lipinski definition) is 5. The number of aromatic nitrogens is 4. The van der Waals surface area contributed by atoms with E-state index in [4.69, 9.17) is 0 Å². The number of carbonyl (C=O) groups excluding carboxylic acids is 2. The third-order valence-electron chi connectivity index (χ3n) is 3.27. The van der Waals surface area contributed by atoms with E-state index in [-0.39, 0.29) is 18.2 Å². The van der Waals surface area contributed by atoms with E-state index in [9.17, 15) is 9.59 Å². The van der Waals surface area contributed by atoms with Gasteiger partial charge in [0, 0.05) is 19.8 Å². The molecule has 0 bridgehead atoms. The number of anilines is 1. The maximum atomic E-state index is 12.2. The SMILES string of the molecule is C=CC(=O)Nc1ccc(CC(=O)N(C)Cc2nnnn2C)cc1. The van der Waals surface area contributed by atoms with Gasteiger partial charge in [0.25, 0.3) is 0 Å². The van der Waals surface area contributed by atoms with Crippen LogP contribution in [0.25, 0.3) is 0 Å². The number of nitrogens with zero attached hydrogens (tertiary/aromatic N) is 5. The molecule has 2 aromatic rings. The molecule has 0 unspecified atom stereocenters. The van der Waals surface area contributed by atoms with Gasteiger partial charge in [0.05, 0.1) is 13.0 Å². The second-order valence-corrected chi connectivity index (χ2v) is 5.04. The number of tetrazole rings is 1. The summed E-state index contributed by atoms with van der Waals surface area (Å²) in [5.41, 5.74) is 1.51. The van der Waals surface area contributed by atoms with Gasteiger partial charge in [-0.1, -0.05) is 18.7 Å². The number of hydrogen-bond donors (Lipinski definition) is 1. The lowest BCUT2D eigenvalue weighted by Crippen LogP contribution is -2.29. The number of aryl methyl sites for hydroxylation is 1. The Kier molecular flexibility index (Phi) is 5.19. The Morgan fingerprint density at radius 1 is 1.35 bits per heavy atom. The molecule has 1 heterocycles. The molecule has 1 aromatic carbocycles. The molecule has 0 aliphatic rings. The van der Waals surface area contributed by atoms with E-state index in [1.54, 1.807) is 43.3 Å². The van der Waals surface area contributed by atoms with Crippen molar-refractivity contribution < 1.29 is 9.59 Å². The largest absolute Gasteiger partial charge is 0.338 e. The predicted octanol–water partition coefficient (Wildman–Crippen LogP) is 0.536. The van der Waals surface area contributed by atoms with E-state index in [0.29, 0.717) is 18.1 Å². The van der Waals surface area contributed by atoms with Crippen LogP contribution in [0.5, 0.6) is 0 Å². The van der Waals surface area contributed by atoms with Gasteiger partial charge in [0.15, 0.2) is 5.82 Å². The lowest BCUT2D eigenvalue weighted by molar-refractivity contribution is -0.129. The van der Waals surface area contributed by atoms with Gasteiger partial charge in [-0.25, -0.2) is 4.68 Å². The molecular formula is C15H18N6O2. The topological polar surface area (TPSA) is 93.0 Å². The van der Waals surface area contributed by atoms with Crippen LogP contribution in [0.1, 0.15) is 11.4 Å². The molecule has 8 nitrogen and oxygen atoms in total. The van der Waals surface area contributed by atoms with Crippen LogP contribution in [-0.2, 0) is 29.6 Å². The van der Waals surface area contributed by atoms with Crippen molar-refractivity contribution in [2.45, 2.75) is 13.0 Å². The average Bonchev–Trinajstić information content (AvgIpc) is 2.94. The van der Waals surface area contributed by atoms with Crippen molar-refractivity contribution in [2.75, 3.05) is 12.4 Å². The molecule has 23 heavy (non-hydrogen) atoms. The van der Waals surface area contributed by atoms with Gasteiger partial charge in [0.2, 0.25) is 11.8 Å². The Hall–Kier alpha value is -3.03. The van der Waals surface area contributed by atoms with E-state index in [1.165, 1.54) is 10.8 Å². The zero-order valence-electron chi connectivity index (χ0n) is 13.1. The molecule has 0 saturated heterocycles. The zero-order valence-corrected chi connectivity index (χ0v) is 13.1. The smallest absolute Gasteiger partial charge is 0.247 e. The highest BCUT2D eigenvalue weighted by atomic mass is 16.2. The fourth-order valence-electron chi connectivity index (χ4n) is 1.89. The summed E-state index contributed by atoms with van der Waals surface area (Å²) in [5, 5.41) is 13.8. The fraction of sp³-hybridized carbons (Fsp3) is 0.267. The van der Waals surface area contributed by atoms with Crippen LogP contribution in [0.3, 0.4) is 0 Å². The molecule has 0 aliphatic carbocycles. The molecule has 2 rings (SSSR count). The number of carbonyl (C=O) groups is 2. The van der Waals surface area contributed by atoms with Gasteiger partial charge in [-0.3, -0.25) is 9.59 Å². The molecule has 0 saturated carbocycles. The average molecular weight is 314 g/mol. The van der Waals surface area contributed by atoms with Crippen molar-refractivity contribution in [3.05, 3.63) is 48.3 Å². The van der Waals surface area contributed by atoms with Crippen molar-refractivity contribution in [1.29, 1.82) is 0 Å². The van der Waals surface area contributed by atoms with E-state index in [0.717, 1.165) is 5.56 Å². The summed E-state index contributed by atoms with van der Waals surface area (Å²) in [7, 11) is 3.43. The Bertz CT molecular complexity index is 707. The molecule has 0 atom stereocenters. The van der Waals surface area contributed by atoms with Crippen LogP contribution < -0.4 is 5.32 Å². The molecule has 1 N–H and O–H groups in total. The zero-order chi connectivity index (χ0) is 16.8. The van der Waals surface area contributed by atoms with E-state index < -0.39 is 0 Å². The summed E-state index contributed by atoms with van der Waals surface area (Å²) in [4.78, 5) is 25.0. The lowest BCUT2D eigenvalue weighted by Gasteiger charge is -2.16. The first-order chi connectivity index (χ1) is 11.0. The first-order valence-electron chi connectivity index (χ1n) is 6.97. The third-order valence-corrected chi connectivity index (χ3v) is 3.27. The number of nitrogens with one attached hydrogen (secondary N) is 1. The first kappa shape index (κ1) is 16.3.